The molecule has 1 aliphatic rings. The zero-order valence-corrected chi connectivity index (χ0v) is 12.1. The van der Waals surface area contributed by atoms with E-state index in [0.29, 0.717) is 13.2 Å². The van der Waals surface area contributed by atoms with Crippen LogP contribution in [-0.2, 0) is 11.2 Å². The molecule has 1 aromatic rings. The highest BCUT2D eigenvalue weighted by Crippen LogP contribution is 2.26. The van der Waals surface area contributed by atoms with Crippen molar-refractivity contribution in [2.45, 2.75) is 45.6 Å². The van der Waals surface area contributed by atoms with Crippen molar-refractivity contribution in [3.05, 3.63) is 28.8 Å². The lowest BCUT2D eigenvalue weighted by Crippen LogP contribution is -2.26. The summed E-state index contributed by atoms with van der Waals surface area (Å²) in [4.78, 5) is 0. The number of nitrogens with two attached hydrogens (primary N) is 1. The van der Waals surface area contributed by atoms with Crippen LogP contribution >= 0.6 is 0 Å². The summed E-state index contributed by atoms with van der Waals surface area (Å²) in [7, 11) is 0. The van der Waals surface area contributed by atoms with E-state index in [2.05, 4.69) is 26.0 Å². The van der Waals surface area contributed by atoms with E-state index in [0.717, 1.165) is 25.2 Å². The van der Waals surface area contributed by atoms with Crippen LogP contribution in [0.15, 0.2) is 12.1 Å². The Morgan fingerprint density at radius 1 is 1.26 bits per heavy atom. The highest BCUT2D eigenvalue weighted by atomic mass is 16.5. The molecule has 0 amide bonds. The van der Waals surface area contributed by atoms with Gasteiger partial charge in [-0.2, -0.15) is 0 Å². The number of benzene rings is 1. The monoisotopic (exact) mass is 263 g/mol. The summed E-state index contributed by atoms with van der Waals surface area (Å²) in [6.45, 7) is 6.43. The topological polar surface area (TPSA) is 44.5 Å². The molecule has 1 heterocycles. The molecule has 3 nitrogen and oxygen atoms in total. The molecule has 1 atom stereocenters. The van der Waals surface area contributed by atoms with Crippen molar-refractivity contribution in [3.8, 4) is 5.75 Å². The molecule has 1 aliphatic heterocycles. The van der Waals surface area contributed by atoms with Gasteiger partial charge in [-0.25, -0.2) is 0 Å². The van der Waals surface area contributed by atoms with Crippen molar-refractivity contribution in [2.24, 2.45) is 5.73 Å². The van der Waals surface area contributed by atoms with Crippen LogP contribution in [0.3, 0.4) is 0 Å². The molecule has 2 N–H and O–H groups in total. The van der Waals surface area contributed by atoms with Gasteiger partial charge in [0.15, 0.2) is 0 Å². The van der Waals surface area contributed by atoms with Crippen molar-refractivity contribution < 1.29 is 9.47 Å². The van der Waals surface area contributed by atoms with Gasteiger partial charge in [0, 0.05) is 6.61 Å². The third kappa shape index (κ3) is 3.95. The minimum Gasteiger partial charge on any atom is -0.490 e. The number of hydrogen-bond donors (Lipinski definition) is 1. The Morgan fingerprint density at radius 3 is 2.58 bits per heavy atom. The predicted octanol–water partition coefficient (Wildman–Crippen LogP) is 2.75. The third-order valence-corrected chi connectivity index (χ3v) is 3.64. The van der Waals surface area contributed by atoms with Crippen molar-refractivity contribution in [1.82, 2.24) is 0 Å². The fourth-order valence-electron chi connectivity index (χ4n) is 2.69. The average molecular weight is 263 g/mol. The van der Waals surface area contributed by atoms with Gasteiger partial charge < -0.3 is 15.2 Å². The largest absolute Gasteiger partial charge is 0.490 e. The number of rotatable bonds is 5. The van der Waals surface area contributed by atoms with E-state index in [1.807, 2.05) is 0 Å². The van der Waals surface area contributed by atoms with Crippen molar-refractivity contribution in [1.29, 1.82) is 0 Å². The van der Waals surface area contributed by atoms with E-state index in [1.54, 1.807) is 0 Å². The van der Waals surface area contributed by atoms with Gasteiger partial charge in [0.25, 0.3) is 0 Å². The van der Waals surface area contributed by atoms with E-state index in [1.165, 1.54) is 29.5 Å². The van der Waals surface area contributed by atoms with E-state index >= 15 is 0 Å². The first-order valence-corrected chi connectivity index (χ1v) is 7.25. The summed E-state index contributed by atoms with van der Waals surface area (Å²) in [6.07, 6.45) is 4.73. The molecule has 19 heavy (non-hydrogen) atoms. The van der Waals surface area contributed by atoms with Crippen molar-refractivity contribution in [3.63, 3.8) is 0 Å². The number of hydrogen-bond acceptors (Lipinski definition) is 3. The van der Waals surface area contributed by atoms with Crippen LogP contribution in [0, 0.1) is 13.8 Å². The lowest BCUT2D eigenvalue weighted by atomic mass is 10.0. The Hall–Kier alpha value is -1.06. The molecular weight excluding hydrogens is 238 g/mol. The van der Waals surface area contributed by atoms with Gasteiger partial charge in [0.1, 0.15) is 12.4 Å². The van der Waals surface area contributed by atoms with E-state index in [9.17, 15) is 0 Å². The normalized spacial score (nSPS) is 19.4. The smallest absolute Gasteiger partial charge is 0.125 e. The summed E-state index contributed by atoms with van der Waals surface area (Å²) in [6, 6.07) is 4.36. The number of ether oxygens (including phenoxy) is 2. The molecule has 0 bridgehead atoms. The fourth-order valence-corrected chi connectivity index (χ4v) is 2.69. The van der Waals surface area contributed by atoms with Crippen LogP contribution in [0.4, 0.5) is 0 Å². The Balaban J connectivity index is 1.99. The summed E-state index contributed by atoms with van der Waals surface area (Å²) in [5, 5.41) is 0. The van der Waals surface area contributed by atoms with Crippen LogP contribution < -0.4 is 10.5 Å². The lowest BCUT2D eigenvalue weighted by molar-refractivity contribution is -0.0113. The molecule has 1 aromatic carbocycles. The molecule has 0 radical (unpaired) electrons. The van der Waals surface area contributed by atoms with Gasteiger partial charge in [0.2, 0.25) is 0 Å². The summed E-state index contributed by atoms with van der Waals surface area (Å²) >= 11 is 0. The zero-order chi connectivity index (χ0) is 13.7. The first-order valence-electron chi connectivity index (χ1n) is 7.25. The Bertz CT molecular complexity index is 388. The highest BCUT2D eigenvalue weighted by molar-refractivity contribution is 5.43. The standard InChI is InChI=1S/C16H25NO2/c1-12-9-14(6-7-17)10-13(2)16(12)19-11-15-5-3-4-8-18-15/h9-10,15H,3-8,11,17H2,1-2H3. The van der Waals surface area contributed by atoms with Crippen LogP contribution in [0.2, 0.25) is 0 Å². The molecule has 106 valence electrons. The zero-order valence-electron chi connectivity index (χ0n) is 12.1. The Kier molecular flexibility index (Phi) is 5.23. The molecule has 1 unspecified atom stereocenters. The van der Waals surface area contributed by atoms with Gasteiger partial charge >= 0.3 is 0 Å². The van der Waals surface area contributed by atoms with E-state index < -0.39 is 0 Å². The molecule has 0 saturated carbocycles. The molecular formula is C16H25NO2. The second-order valence-electron chi connectivity index (χ2n) is 5.40. The van der Waals surface area contributed by atoms with Gasteiger partial charge in [-0.3, -0.25) is 0 Å². The van der Waals surface area contributed by atoms with Gasteiger partial charge in [-0.1, -0.05) is 12.1 Å². The lowest BCUT2D eigenvalue weighted by Gasteiger charge is -2.23. The predicted molar refractivity (Wildman–Crippen MR) is 77.8 cm³/mol. The van der Waals surface area contributed by atoms with Gasteiger partial charge in [0.05, 0.1) is 6.10 Å². The SMILES string of the molecule is Cc1cc(CCN)cc(C)c1OCC1CCCCO1. The molecule has 0 spiro atoms. The summed E-state index contributed by atoms with van der Waals surface area (Å²) in [5.74, 6) is 1.01. The first kappa shape index (κ1) is 14.4. The van der Waals surface area contributed by atoms with Gasteiger partial charge in [-0.15, -0.1) is 0 Å². The maximum Gasteiger partial charge on any atom is 0.125 e. The molecule has 1 saturated heterocycles. The Morgan fingerprint density at radius 2 is 2.00 bits per heavy atom. The summed E-state index contributed by atoms with van der Waals surface area (Å²) < 4.78 is 11.7. The minimum absolute atomic E-state index is 0.260. The number of aryl methyl sites for hydroxylation is 2. The first-order chi connectivity index (χ1) is 9.20. The fraction of sp³-hybridized carbons (Fsp3) is 0.625. The second-order valence-corrected chi connectivity index (χ2v) is 5.40. The molecule has 0 aromatic heterocycles. The van der Waals surface area contributed by atoms with Crippen LogP contribution in [0.1, 0.15) is 36.0 Å². The molecule has 1 fully saturated rings. The Labute approximate surface area is 116 Å². The highest BCUT2D eigenvalue weighted by Gasteiger charge is 2.15. The maximum atomic E-state index is 5.98. The second kappa shape index (κ2) is 6.92. The molecule has 0 aliphatic carbocycles. The maximum absolute atomic E-state index is 5.98. The third-order valence-electron chi connectivity index (χ3n) is 3.64. The van der Waals surface area contributed by atoms with Crippen molar-refractivity contribution >= 4 is 0 Å². The van der Waals surface area contributed by atoms with Crippen LogP contribution in [0.25, 0.3) is 0 Å². The van der Waals surface area contributed by atoms with Crippen LogP contribution in [-0.4, -0.2) is 25.9 Å². The minimum atomic E-state index is 0.260. The molecule has 2 rings (SSSR count). The van der Waals surface area contributed by atoms with Crippen molar-refractivity contribution in [2.75, 3.05) is 19.8 Å². The van der Waals surface area contributed by atoms with E-state index in [4.69, 9.17) is 15.2 Å². The quantitative estimate of drug-likeness (QED) is 0.888. The average Bonchev–Trinajstić information content (AvgIpc) is 2.39. The summed E-state index contributed by atoms with van der Waals surface area (Å²) in [5.41, 5.74) is 9.29. The molecule has 3 heteroatoms. The van der Waals surface area contributed by atoms with E-state index in [-0.39, 0.29) is 6.10 Å². The van der Waals surface area contributed by atoms with Gasteiger partial charge in [-0.05, 0) is 62.8 Å². The van der Waals surface area contributed by atoms with Crippen LogP contribution in [0.5, 0.6) is 5.75 Å².